The molecule has 0 fully saturated rings. The highest BCUT2D eigenvalue weighted by Gasteiger charge is 2.40. The van der Waals surface area contributed by atoms with Crippen LogP contribution in [0.3, 0.4) is 0 Å². The summed E-state index contributed by atoms with van der Waals surface area (Å²) in [6, 6.07) is 5.80. The number of rotatable bonds is 3. The molecule has 0 radical (unpaired) electrons. The summed E-state index contributed by atoms with van der Waals surface area (Å²) in [5, 5.41) is 13.3. The highest BCUT2D eigenvalue weighted by Crippen LogP contribution is 2.25. The van der Waals surface area contributed by atoms with Crippen molar-refractivity contribution in [2.45, 2.75) is 13.8 Å². The lowest BCUT2D eigenvalue weighted by molar-refractivity contribution is -0.417. The van der Waals surface area contributed by atoms with Crippen LogP contribution in [0.4, 0.5) is 0 Å². The van der Waals surface area contributed by atoms with E-state index in [2.05, 4.69) is 5.32 Å². The molecule has 0 unspecified atom stereocenters. The molecule has 21 heavy (non-hydrogen) atoms. The van der Waals surface area contributed by atoms with Crippen molar-refractivity contribution in [3.8, 4) is 0 Å². The molecule has 0 saturated heterocycles. The minimum absolute atomic E-state index is 0.0308. The van der Waals surface area contributed by atoms with Crippen LogP contribution in [0.2, 0.25) is 0 Å². The van der Waals surface area contributed by atoms with Gasteiger partial charge in [0.15, 0.2) is 5.70 Å². The summed E-state index contributed by atoms with van der Waals surface area (Å²) in [6.45, 7) is 3.15. The zero-order valence-corrected chi connectivity index (χ0v) is 11.4. The van der Waals surface area contributed by atoms with E-state index in [-0.39, 0.29) is 11.1 Å². The maximum absolute atomic E-state index is 12.3. The van der Waals surface area contributed by atoms with Crippen LogP contribution in [0.25, 0.3) is 0 Å². The first-order valence-corrected chi connectivity index (χ1v) is 6.22. The molecule has 1 aromatic rings. The van der Waals surface area contributed by atoms with Gasteiger partial charge in [0.25, 0.3) is 5.78 Å². The summed E-state index contributed by atoms with van der Waals surface area (Å²) < 4.78 is 0. The summed E-state index contributed by atoms with van der Waals surface area (Å²) in [5.41, 5.74) is -1.45. The van der Waals surface area contributed by atoms with E-state index in [4.69, 9.17) is 0 Å². The third-order valence-electron chi connectivity index (χ3n) is 3.05. The third-order valence-corrected chi connectivity index (χ3v) is 3.05. The minimum atomic E-state index is -0.938. The predicted molar refractivity (Wildman–Crippen MR) is 72.1 cm³/mol. The molecule has 0 bridgehead atoms. The van der Waals surface area contributed by atoms with Gasteiger partial charge in [-0.1, -0.05) is 38.1 Å². The lowest BCUT2D eigenvalue weighted by Gasteiger charge is -2.17. The van der Waals surface area contributed by atoms with Gasteiger partial charge in [0, 0.05) is 17.0 Å². The van der Waals surface area contributed by atoms with Crippen LogP contribution in [0.1, 0.15) is 34.6 Å². The fraction of sp³-hybridized carbons (Fsp3) is 0.214. The number of carbonyl (C=O) groups is 3. The Morgan fingerprint density at radius 1 is 1.14 bits per heavy atom. The largest absolute Gasteiger partial charge is 0.344 e. The Balaban J connectivity index is 2.60. The highest BCUT2D eigenvalue weighted by molar-refractivity contribution is 6.26. The molecule has 1 N–H and O–H groups in total. The van der Waals surface area contributed by atoms with Crippen LogP contribution < -0.4 is 5.32 Å². The Hall–Kier alpha value is -2.83. The van der Waals surface area contributed by atoms with E-state index in [1.54, 1.807) is 19.9 Å². The van der Waals surface area contributed by atoms with Crippen molar-refractivity contribution in [2.24, 2.45) is 5.92 Å². The van der Waals surface area contributed by atoms with Crippen LogP contribution in [0, 0.1) is 16.0 Å². The number of hydrogen-bond donors (Lipinski definition) is 1. The normalized spacial score (nSPS) is 14.2. The van der Waals surface area contributed by atoms with Gasteiger partial charge >= 0.3 is 5.70 Å². The van der Waals surface area contributed by atoms with E-state index in [0.717, 1.165) is 0 Å². The van der Waals surface area contributed by atoms with Crippen LogP contribution in [-0.2, 0) is 4.79 Å². The van der Waals surface area contributed by atoms with Crippen LogP contribution >= 0.6 is 0 Å². The number of amides is 1. The number of hydrogen-bond acceptors (Lipinski definition) is 5. The standard InChI is InChI=1S/C14H12N2O5/c1-7(2)14(19)15-10-11(16(20)21)13(18)9-6-4-3-5-8(9)12(10)17/h3-7H,1-2H3,(H,15,19). The van der Waals surface area contributed by atoms with E-state index in [0.29, 0.717) is 0 Å². The van der Waals surface area contributed by atoms with Crippen molar-refractivity contribution < 1.29 is 19.3 Å². The lowest BCUT2D eigenvalue weighted by atomic mass is 9.90. The van der Waals surface area contributed by atoms with Crippen molar-refractivity contribution in [3.63, 3.8) is 0 Å². The van der Waals surface area contributed by atoms with E-state index < -0.39 is 39.7 Å². The van der Waals surface area contributed by atoms with E-state index in [1.807, 2.05) is 0 Å². The number of Topliss-reactive ketones (excluding diaryl/α,β-unsaturated/α-hetero) is 2. The molecule has 0 heterocycles. The number of ketones is 2. The van der Waals surface area contributed by atoms with Crippen molar-refractivity contribution in [1.29, 1.82) is 0 Å². The molecule has 1 aromatic carbocycles. The number of allylic oxidation sites excluding steroid dienone is 2. The van der Waals surface area contributed by atoms with Gasteiger partial charge in [0.2, 0.25) is 11.7 Å². The van der Waals surface area contributed by atoms with Gasteiger partial charge in [0.05, 0.1) is 4.92 Å². The van der Waals surface area contributed by atoms with Crippen LogP contribution in [0.5, 0.6) is 0 Å². The Bertz CT molecular complexity index is 703. The first kappa shape index (κ1) is 14.6. The number of carbonyl (C=O) groups excluding carboxylic acids is 3. The molecule has 0 spiro atoms. The monoisotopic (exact) mass is 288 g/mol. The summed E-state index contributed by atoms with van der Waals surface area (Å²) in [5.74, 6) is -2.66. The minimum Gasteiger partial charge on any atom is -0.317 e. The van der Waals surface area contributed by atoms with Crippen molar-refractivity contribution >= 4 is 17.5 Å². The zero-order valence-electron chi connectivity index (χ0n) is 11.4. The summed E-state index contributed by atoms with van der Waals surface area (Å²) in [4.78, 5) is 46.3. The second kappa shape index (κ2) is 5.28. The average molecular weight is 288 g/mol. The zero-order chi connectivity index (χ0) is 15.7. The first-order chi connectivity index (χ1) is 9.84. The summed E-state index contributed by atoms with van der Waals surface area (Å²) >= 11 is 0. The Morgan fingerprint density at radius 3 is 2.14 bits per heavy atom. The second-order valence-electron chi connectivity index (χ2n) is 4.83. The van der Waals surface area contributed by atoms with Gasteiger partial charge in [-0.2, -0.15) is 0 Å². The fourth-order valence-electron chi connectivity index (χ4n) is 1.92. The lowest BCUT2D eigenvalue weighted by Crippen LogP contribution is -2.37. The Morgan fingerprint density at radius 2 is 1.67 bits per heavy atom. The topological polar surface area (TPSA) is 106 Å². The first-order valence-electron chi connectivity index (χ1n) is 6.22. The van der Waals surface area contributed by atoms with Gasteiger partial charge in [-0.05, 0) is 0 Å². The molecule has 7 nitrogen and oxygen atoms in total. The molecule has 108 valence electrons. The molecule has 1 aliphatic carbocycles. The van der Waals surface area contributed by atoms with E-state index >= 15 is 0 Å². The SMILES string of the molecule is CC(C)C(=O)NC1=C([N+](=O)[O-])C(=O)c2ccccc2C1=O. The maximum atomic E-state index is 12.3. The second-order valence-corrected chi connectivity index (χ2v) is 4.83. The number of benzene rings is 1. The highest BCUT2D eigenvalue weighted by atomic mass is 16.6. The molecular weight excluding hydrogens is 276 g/mol. The molecule has 1 aliphatic rings. The van der Waals surface area contributed by atoms with Crippen LogP contribution in [0.15, 0.2) is 35.7 Å². The molecule has 2 rings (SSSR count). The van der Waals surface area contributed by atoms with E-state index in [1.165, 1.54) is 18.2 Å². The van der Waals surface area contributed by atoms with Crippen LogP contribution in [-0.4, -0.2) is 22.4 Å². The van der Waals surface area contributed by atoms with Gasteiger partial charge in [0.1, 0.15) is 0 Å². The predicted octanol–water partition coefficient (Wildman–Crippen LogP) is 1.33. The molecule has 0 aromatic heterocycles. The van der Waals surface area contributed by atoms with Gasteiger partial charge in [-0.25, -0.2) is 0 Å². The molecular formula is C14H12N2O5. The van der Waals surface area contributed by atoms with Crippen molar-refractivity contribution in [2.75, 3.05) is 0 Å². The number of fused-ring (bicyclic) bond motifs is 1. The van der Waals surface area contributed by atoms with Gasteiger partial charge in [-0.15, -0.1) is 0 Å². The van der Waals surface area contributed by atoms with Crippen molar-refractivity contribution in [1.82, 2.24) is 5.32 Å². The molecule has 0 atom stereocenters. The fourth-order valence-corrected chi connectivity index (χ4v) is 1.92. The number of nitrogens with zero attached hydrogens (tertiary/aromatic N) is 1. The number of nitro groups is 1. The Kier molecular flexibility index (Phi) is 3.66. The van der Waals surface area contributed by atoms with Gasteiger partial charge in [-0.3, -0.25) is 24.5 Å². The third kappa shape index (κ3) is 2.45. The smallest absolute Gasteiger partial charge is 0.317 e. The maximum Gasteiger partial charge on any atom is 0.344 e. The van der Waals surface area contributed by atoms with Crippen molar-refractivity contribution in [3.05, 3.63) is 56.9 Å². The van der Waals surface area contributed by atoms with E-state index in [9.17, 15) is 24.5 Å². The quantitative estimate of drug-likeness (QED) is 0.667. The molecule has 1 amide bonds. The summed E-state index contributed by atoms with van der Waals surface area (Å²) in [7, 11) is 0. The molecule has 0 aliphatic heterocycles. The molecule has 0 saturated carbocycles. The summed E-state index contributed by atoms with van der Waals surface area (Å²) in [6.07, 6.45) is 0. The number of nitrogens with one attached hydrogen (secondary N) is 1. The van der Waals surface area contributed by atoms with Gasteiger partial charge < -0.3 is 5.32 Å². The molecule has 7 heteroatoms. The Labute approximate surface area is 119 Å². The average Bonchev–Trinajstić information content (AvgIpc) is 2.44.